The zero-order chi connectivity index (χ0) is 21.6. The maximum atomic E-state index is 12.6. The lowest BCUT2D eigenvalue weighted by Gasteiger charge is -2.18. The van der Waals surface area contributed by atoms with Crippen molar-refractivity contribution in [1.29, 1.82) is 0 Å². The molecule has 2 N–H and O–H groups in total. The number of hydrazine groups is 1. The fraction of sp³-hybridized carbons (Fsp3) is 0.300. The Balaban J connectivity index is 2.12. The van der Waals surface area contributed by atoms with Crippen LogP contribution in [0.2, 0.25) is 0 Å². The van der Waals surface area contributed by atoms with Gasteiger partial charge in [0, 0.05) is 44.0 Å². The number of anilines is 1. The van der Waals surface area contributed by atoms with Crippen LogP contribution in [0.1, 0.15) is 34.6 Å². The zero-order valence-electron chi connectivity index (χ0n) is 17.0. The number of sulfonamides is 1. The molecule has 0 fully saturated rings. The Hall–Kier alpha value is -2.91. The van der Waals surface area contributed by atoms with Crippen LogP contribution in [0.3, 0.4) is 0 Å². The summed E-state index contributed by atoms with van der Waals surface area (Å²) < 4.78 is 26.6. The molecule has 156 valence electrons. The van der Waals surface area contributed by atoms with Crippen molar-refractivity contribution < 1.29 is 18.0 Å². The molecule has 0 unspecified atom stereocenters. The summed E-state index contributed by atoms with van der Waals surface area (Å²) in [4.78, 5) is 26.6. The number of nitrogens with one attached hydrogen (secondary N) is 2. The molecule has 0 aromatic heterocycles. The van der Waals surface area contributed by atoms with E-state index in [9.17, 15) is 18.0 Å². The molecular formula is C20H26N4O4S. The smallest absolute Gasteiger partial charge is 0.269 e. The molecule has 2 aromatic rings. The van der Waals surface area contributed by atoms with Gasteiger partial charge in [-0.1, -0.05) is 26.0 Å². The lowest BCUT2D eigenvalue weighted by atomic mass is 10.2. The van der Waals surface area contributed by atoms with Crippen molar-refractivity contribution in [3.05, 3.63) is 59.7 Å². The molecule has 9 heteroatoms. The molecule has 0 heterocycles. The van der Waals surface area contributed by atoms with E-state index >= 15 is 0 Å². The molecule has 0 aliphatic rings. The van der Waals surface area contributed by atoms with Crippen LogP contribution in [0.5, 0.6) is 0 Å². The number of carbonyl (C=O) groups excluding carboxylic acids is 2. The normalized spacial score (nSPS) is 11.2. The van der Waals surface area contributed by atoms with Crippen molar-refractivity contribution in [2.75, 3.05) is 32.1 Å². The Kier molecular flexibility index (Phi) is 7.35. The summed E-state index contributed by atoms with van der Waals surface area (Å²) in [7, 11) is 0.0353. The van der Waals surface area contributed by atoms with E-state index in [1.807, 2.05) is 25.1 Å². The third-order valence-electron chi connectivity index (χ3n) is 4.35. The van der Waals surface area contributed by atoms with Crippen LogP contribution >= 0.6 is 0 Å². The number of hydrogen-bond donors (Lipinski definition) is 2. The van der Waals surface area contributed by atoms with Crippen molar-refractivity contribution in [2.45, 2.75) is 18.7 Å². The van der Waals surface area contributed by atoms with E-state index in [0.717, 1.165) is 5.69 Å². The number of hydrogen-bond acceptors (Lipinski definition) is 5. The maximum Gasteiger partial charge on any atom is 0.269 e. The number of benzene rings is 2. The Morgan fingerprint density at radius 3 is 1.90 bits per heavy atom. The molecule has 2 amide bonds. The minimum Gasteiger partial charge on any atom is -0.378 e. The van der Waals surface area contributed by atoms with Crippen LogP contribution in [0.4, 0.5) is 5.69 Å². The van der Waals surface area contributed by atoms with Crippen molar-refractivity contribution in [3.8, 4) is 0 Å². The van der Waals surface area contributed by atoms with Gasteiger partial charge in [-0.3, -0.25) is 20.4 Å². The summed E-state index contributed by atoms with van der Waals surface area (Å²) in [6, 6.07) is 12.6. The lowest BCUT2D eigenvalue weighted by molar-refractivity contribution is 0.0846. The van der Waals surface area contributed by atoms with Gasteiger partial charge in [0.2, 0.25) is 10.0 Å². The largest absolute Gasteiger partial charge is 0.378 e. The van der Waals surface area contributed by atoms with Crippen LogP contribution in [0.15, 0.2) is 53.4 Å². The minimum atomic E-state index is -3.68. The van der Waals surface area contributed by atoms with Gasteiger partial charge in [0.25, 0.3) is 11.8 Å². The highest BCUT2D eigenvalue weighted by atomic mass is 32.2. The number of nitrogens with zero attached hydrogens (tertiary/aromatic N) is 2. The number of carbonyl (C=O) groups is 2. The monoisotopic (exact) mass is 418 g/mol. The second-order valence-corrected chi connectivity index (χ2v) is 8.41. The van der Waals surface area contributed by atoms with E-state index in [0.29, 0.717) is 18.7 Å². The van der Waals surface area contributed by atoms with Gasteiger partial charge in [-0.2, -0.15) is 4.31 Å². The van der Waals surface area contributed by atoms with Gasteiger partial charge >= 0.3 is 0 Å². The van der Waals surface area contributed by atoms with Gasteiger partial charge in [-0.15, -0.1) is 0 Å². The first-order valence-corrected chi connectivity index (χ1v) is 10.6. The summed E-state index contributed by atoms with van der Waals surface area (Å²) >= 11 is 0. The van der Waals surface area contributed by atoms with Gasteiger partial charge in [0.15, 0.2) is 0 Å². The summed E-state index contributed by atoms with van der Waals surface area (Å²) in [5.41, 5.74) is 6.03. The summed E-state index contributed by atoms with van der Waals surface area (Å²) in [6.45, 7) is 4.16. The third-order valence-corrected chi connectivity index (χ3v) is 6.40. The first-order valence-electron chi connectivity index (χ1n) is 9.19. The number of rotatable bonds is 7. The Labute approximate surface area is 171 Å². The van der Waals surface area contributed by atoms with Crippen LogP contribution in [-0.4, -0.2) is 51.7 Å². The van der Waals surface area contributed by atoms with E-state index in [1.165, 1.54) is 28.6 Å². The Morgan fingerprint density at radius 1 is 0.862 bits per heavy atom. The fourth-order valence-corrected chi connectivity index (χ4v) is 4.20. The van der Waals surface area contributed by atoms with Crippen LogP contribution < -0.4 is 15.8 Å². The van der Waals surface area contributed by atoms with Crippen molar-refractivity contribution >= 4 is 27.5 Å². The van der Waals surface area contributed by atoms with E-state index in [4.69, 9.17) is 0 Å². The Bertz CT molecular complexity index is 985. The molecule has 0 aliphatic heterocycles. The quantitative estimate of drug-likeness (QED) is 0.669. The lowest BCUT2D eigenvalue weighted by Crippen LogP contribution is -2.41. The first-order chi connectivity index (χ1) is 13.7. The second-order valence-electron chi connectivity index (χ2n) is 6.47. The molecule has 0 saturated carbocycles. The molecule has 0 spiro atoms. The summed E-state index contributed by atoms with van der Waals surface area (Å²) in [6.07, 6.45) is 0. The van der Waals surface area contributed by atoms with Gasteiger partial charge < -0.3 is 4.90 Å². The molecule has 2 rings (SSSR count). The second kappa shape index (κ2) is 9.53. The van der Waals surface area contributed by atoms with E-state index in [1.54, 1.807) is 32.0 Å². The average molecular weight is 419 g/mol. The predicted octanol–water partition coefficient (Wildman–Crippen LogP) is 1.86. The third kappa shape index (κ3) is 5.33. The maximum absolute atomic E-state index is 12.6. The highest BCUT2D eigenvalue weighted by Gasteiger charge is 2.22. The highest BCUT2D eigenvalue weighted by molar-refractivity contribution is 7.89. The molecule has 29 heavy (non-hydrogen) atoms. The molecule has 0 bridgehead atoms. The van der Waals surface area contributed by atoms with E-state index in [2.05, 4.69) is 10.9 Å². The molecule has 0 saturated heterocycles. The van der Waals surface area contributed by atoms with Crippen LogP contribution in [0, 0.1) is 0 Å². The van der Waals surface area contributed by atoms with E-state index < -0.39 is 21.8 Å². The van der Waals surface area contributed by atoms with Crippen LogP contribution in [-0.2, 0) is 10.0 Å². The highest BCUT2D eigenvalue weighted by Crippen LogP contribution is 2.17. The van der Waals surface area contributed by atoms with Gasteiger partial charge in [0.05, 0.1) is 4.90 Å². The molecule has 0 atom stereocenters. The van der Waals surface area contributed by atoms with Crippen molar-refractivity contribution in [3.63, 3.8) is 0 Å². The van der Waals surface area contributed by atoms with Crippen molar-refractivity contribution in [1.82, 2.24) is 15.2 Å². The van der Waals surface area contributed by atoms with Gasteiger partial charge in [-0.05, 0) is 36.4 Å². The molecule has 0 aliphatic carbocycles. The standard InChI is InChI=1S/C20H26N4O4S/c1-5-24(6-2)29(27,28)18-12-8-10-16(14-18)20(26)22-21-19(25)15-9-7-11-17(13-15)23(3)4/h7-14H,5-6H2,1-4H3,(H,21,25)(H,22,26). The predicted molar refractivity (Wildman–Crippen MR) is 112 cm³/mol. The van der Waals surface area contributed by atoms with Gasteiger partial charge in [0.1, 0.15) is 0 Å². The molecule has 8 nitrogen and oxygen atoms in total. The Morgan fingerprint density at radius 2 is 1.38 bits per heavy atom. The zero-order valence-corrected chi connectivity index (χ0v) is 17.8. The summed E-state index contributed by atoms with van der Waals surface area (Å²) in [5, 5.41) is 0. The van der Waals surface area contributed by atoms with Gasteiger partial charge in [-0.25, -0.2) is 8.42 Å². The molecule has 2 aromatic carbocycles. The fourth-order valence-electron chi connectivity index (χ4n) is 2.69. The molecular weight excluding hydrogens is 392 g/mol. The number of amides is 2. The SMILES string of the molecule is CCN(CC)S(=O)(=O)c1cccc(C(=O)NNC(=O)c2cccc(N(C)C)c2)c1. The first kappa shape index (κ1) is 22.4. The average Bonchev–Trinajstić information content (AvgIpc) is 2.72. The summed E-state index contributed by atoms with van der Waals surface area (Å²) in [5.74, 6) is -1.09. The van der Waals surface area contributed by atoms with Crippen LogP contribution in [0.25, 0.3) is 0 Å². The molecule has 0 radical (unpaired) electrons. The van der Waals surface area contributed by atoms with E-state index in [-0.39, 0.29) is 10.5 Å². The topological polar surface area (TPSA) is 98.8 Å². The minimum absolute atomic E-state index is 0.0267. The van der Waals surface area contributed by atoms with Crippen molar-refractivity contribution in [2.24, 2.45) is 0 Å².